The zero-order valence-electron chi connectivity index (χ0n) is 14.3. The summed E-state index contributed by atoms with van der Waals surface area (Å²) >= 11 is 0. The second-order valence-corrected chi connectivity index (χ2v) is 6.09. The van der Waals surface area contributed by atoms with Crippen LogP contribution in [0.2, 0.25) is 0 Å². The van der Waals surface area contributed by atoms with Crippen molar-refractivity contribution in [3.05, 3.63) is 29.8 Å². The SMILES string of the molecule is COC1CC(CC(=O)O)N(C(=O)C(C)Oc2ccccc2C(F)(F)F)C1. The van der Waals surface area contributed by atoms with E-state index in [0.717, 1.165) is 12.1 Å². The van der Waals surface area contributed by atoms with Gasteiger partial charge in [0.15, 0.2) is 6.10 Å². The Bertz CT molecular complexity index is 664. The van der Waals surface area contributed by atoms with Crippen molar-refractivity contribution in [2.24, 2.45) is 0 Å². The topological polar surface area (TPSA) is 76.1 Å². The molecule has 1 aliphatic heterocycles. The van der Waals surface area contributed by atoms with Crippen LogP contribution in [0.3, 0.4) is 0 Å². The first-order valence-corrected chi connectivity index (χ1v) is 8.01. The van der Waals surface area contributed by atoms with Crippen molar-refractivity contribution in [3.63, 3.8) is 0 Å². The fraction of sp³-hybridized carbons (Fsp3) is 0.529. The van der Waals surface area contributed by atoms with Crippen molar-refractivity contribution in [2.75, 3.05) is 13.7 Å². The maximum absolute atomic E-state index is 13.0. The van der Waals surface area contributed by atoms with Crippen LogP contribution in [-0.2, 0) is 20.5 Å². The van der Waals surface area contributed by atoms with Crippen molar-refractivity contribution in [1.29, 1.82) is 0 Å². The maximum Gasteiger partial charge on any atom is 0.419 e. The Balaban J connectivity index is 2.15. The van der Waals surface area contributed by atoms with Crippen LogP contribution in [-0.4, -0.2) is 53.8 Å². The first-order chi connectivity index (χ1) is 12.1. The van der Waals surface area contributed by atoms with Gasteiger partial charge in [0.2, 0.25) is 0 Å². The average Bonchev–Trinajstić information content (AvgIpc) is 2.95. The van der Waals surface area contributed by atoms with E-state index in [0.29, 0.717) is 6.42 Å². The van der Waals surface area contributed by atoms with E-state index in [1.165, 1.54) is 31.1 Å². The number of para-hydroxylation sites is 1. The van der Waals surface area contributed by atoms with Crippen LogP contribution in [0.25, 0.3) is 0 Å². The quantitative estimate of drug-likeness (QED) is 0.827. The molecular formula is C17H20F3NO5. The van der Waals surface area contributed by atoms with Crippen molar-refractivity contribution in [1.82, 2.24) is 4.90 Å². The number of aliphatic carboxylic acids is 1. The lowest BCUT2D eigenvalue weighted by atomic mass is 10.1. The summed E-state index contributed by atoms with van der Waals surface area (Å²) in [4.78, 5) is 24.9. The highest BCUT2D eigenvalue weighted by Crippen LogP contribution is 2.36. The predicted octanol–water partition coefficient (Wildman–Crippen LogP) is 2.56. The highest BCUT2D eigenvalue weighted by atomic mass is 19.4. The number of hydrogen-bond acceptors (Lipinski definition) is 4. The van der Waals surface area contributed by atoms with Crippen LogP contribution in [0.4, 0.5) is 13.2 Å². The number of carboxylic acids is 1. The first-order valence-electron chi connectivity index (χ1n) is 8.01. The summed E-state index contributed by atoms with van der Waals surface area (Å²) in [6.45, 7) is 1.51. The van der Waals surface area contributed by atoms with E-state index in [1.807, 2.05) is 0 Å². The first kappa shape index (κ1) is 20.0. The standard InChI is InChI=1S/C17H20F3NO5/c1-10(26-14-6-4-3-5-13(14)17(18,19)20)16(24)21-9-12(25-2)7-11(21)8-15(22)23/h3-6,10-12H,7-9H2,1-2H3,(H,22,23). The number of carbonyl (C=O) groups is 2. The molecule has 1 aromatic rings. The van der Waals surface area contributed by atoms with Gasteiger partial charge >= 0.3 is 12.1 Å². The molecule has 1 saturated heterocycles. The van der Waals surface area contributed by atoms with Crippen LogP contribution in [0, 0.1) is 0 Å². The van der Waals surface area contributed by atoms with Gasteiger partial charge in [-0.25, -0.2) is 0 Å². The number of ether oxygens (including phenoxy) is 2. The molecule has 1 aromatic carbocycles. The summed E-state index contributed by atoms with van der Waals surface area (Å²) in [5.41, 5.74) is -0.974. The van der Waals surface area contributed by atoms with Gasteiger partial charge in [-0.3, -0.25) is 9.59 Å². The van der Waals surface area contributed by atoms with Gasteiger partial charge in [0.05, 0.1) is 18.1 Å². The lowest BCUT2D eigenvalue weighted by Crippen LogP contribution is -2.44. The molecule has 26 heavy (non-hydrogen) atoms. The maximum atomic E-state index is 13.0. The number of amides is 1. The highest BCUT2D eigenvalue weighted by Gasteiger charge is 2.40. The van der Waals surface area contributed by atoms with Gasteiger partial charge in [-0.1, -0.05) is 12.1 Å². The molecule has 0 aromatic heterocycles. The number of benzene rings is 1. The number of rotatable bonds is 6. The van der Waals surface area contributed by atoms with Gasteiger partial charge in [-0.05, 0) is 25.5 Å². The van der Waals surface area contributed by atoms with E-state index in [4.69, 9.17) is 14.6 Å². The number of methoxy groups -OCH3 is 1. The Labute approximate surface area is 148 Å². The zero-order chi connectivity index (χ0) is 19.5. The lowest BCUT2D eigenvalue weighted by molar-refractivity contribution is -0.145. The summed E-state index contributed by atoms with van der Waals surface area (Å²) in [5, 5.41) is 9.00. The minimum Gasteiger partial charge on any atom is -0.481 e. The van der Waals surface area contributed by atoms with Gasteiger partial charge in [0.25, 0.3) is 5.91 Å². The van der Waals surface area contributed by atoms with E-state index in [2.05, 4.69) is 0 Å². The fourth-order valence-electron chi connectivity index (χ4n) is 2.99. The average molecular weight is 375 g/mol. The summed E-state index contributed by atoms with van der Waals surface area (Å²) in [6.07, 6.45) is -6.05. The number of carbonyl (C=O) groups excluding carboxylic acids is 1. The van der Waals surface area contributed by atoms with Gasteiger partial charge in [-0.2, -0.15) is 13.2 Å². The van der Waals surface area contributed by atoms with Crippen molar-refractivity contribution in [2.45, 2.75) is 44.2 Å². The van der Waals surface area contributed by atoms with Crippen LogP contribution in [0.1, 0.15) is 25.3 Å². The normalized spacial score (nSPS) is 21.5. The molecular weight excluding hydrogens is 355 g/mol. The number of alkyl halides is 3. The van der Waals surface area contributed by atoms with E-state index >= 15 is 0 Å². The van der Waals surface area contributed by atoms with Crippen LogP contribution < -0.4 is 4.74 Å². The Morgan fingerprint density at radius 2 is 2.00 bits per heavy atom. The molecule has 1 N–H and O–H groups in total. The van der Waals surface area contributed by atoms with Crippen LogP contribution in [0.15, 0.2) is 24.3 Å². The van der Waals surface area contributed by atoms with Gasteiger partial charge in [0.1, 0.15) is 5.75 Å². The molecule has 9 heteroatoms. The molecule has 0 saturated carbocycles. The molecule has 3 atom stereocenters. The van der Waals surface area contributed by atoms with E-state index in [1.54, 1.807) is 0 Å². The largest absolute Gasteiger partial charge is 0.481 e. The van der Waals surface area contributed by atoms with Crippen molar-refractivity contribution in [3.8, 4) is 5.75 Å². The van der Waals surface area contributed by atoms with Gasteiger partial charge in [-0.15, -0.1) is 0 Å². The number of nitrogens with zero attached hydrogens (tertiary/aromatic N) is 1. The molecule has 1 aliphatic rings. The van der Waals surface area contributed by atoms with E-state index < -0.39 is 41.5 Å². The third-order valence-electron chi connectivity index (χ3n) is 4.25. The van der Waals surface area contributed by atoms with Crippen LogP contribution in [0.5, 0.6) is 5.75 Å². The van der Waals surface area contributed by atoms with E-state index in [9.17, 15) is 22.8 Å². The molecule has 0 bridgehead atoms. The molecule has 1 heterocycles. The summed E-state index contributed by atoms with van der Waals surface area (Å²) in [6, 6.07) is 4.04. The van der Waals surface area contributed by atoms with Crippen molar-refractivity contribution >= 4 is 11.9 Å². The third-order valence-corrected chi connectivity index (χ3v) is 4.25. The number of halogens is 3. The fourth-order valence-corrected chi connectivity index (χ4v) is 2.99. The molecule has 2 rings (SSSR count). The molecule has 1 fully saturated rings. The number of carboxylic acid groups (broad SMARTS) is 1. The number of likely N-dealkylation sites (tertiary alicyclic amines) is 1. The summed E-state index contributed by atoms with van der Waals surface area (Å²) in [7, 11) is 1.45. The number of hydrogen-bond donors (Lipinski definition) is 1. The lowest BCUT2D eigenvalue weighted by Gasteiger charge is -2.27. The smallest absolute Gasteiger partial charge is 0.419 e. The Hall–Kier alpha value is -2.29. The molecule has 6 nitrogen and oxygen atoms in total. The van der Waals surface area contributed by atoms with Gasteiger partial charge in [0, 0.05) is 19.7 Å². The highest BCUT2D eigenvalue weighted by molar-refractivity contribution is 5.82. The third kappa shape index (κ3) is 4.66. The molecule has 0 aliphatic carbocycles. The van der Waals surface area contributed by atoms with E-state index in [-0.39, 0.29) is 19.1 Å². The Kier molecular flexibility index (Phi) is 6.12. The second-order valence-electron chi connectivity index (χ2n) is 6.09. The van der Waals surface area contributed by atoms with Crippen molar-refractivity contribution < 1.29 is 37.3 Å². The minimum atomic E-state index is -4.61. The monoisotopic (exact) mass is 375 g/mol. The predicted molar refractivity (Wildman–Crippen MR) is 84.7 cm³/mol. The zero-order valence-corrected chi connectivity index (χ0v) is 14.3. The second kappa shape index (κ2) is 7.94. The minimum absolute atomic E-state index is 0.169. The van der Waals surface area contributed by atoms with Crippen LogP contribution >= 0.6 is 0 Å². The molecule has 0 spiro atoms. The van der Waals surface area contributed by atoms with Gasteiger partial charge < -0.3 is 19.5 Å². The summed E-state index contributed by atoms with van der Waals surface area (Å²) in [5.74, 6) is -2.09. The molecule has 144 valence electrons. The summed E-state index contributed by atoms with van der Waals surface area (Å²) < 4.78 is 49.6. The molecule has 3 unspecified atom stereocenters. The molecule has 0 radical (unpaired) electrons. The molecule has 1 amide bonds. The Morgan fingerprint density at radius 1 is 1.35 bits per heavy atom. The Morgan fingerprint density at radius 3 is 2.58 bits per heavy atom.